The molecule has 7 nitrogen and oxygen atoms in total. The molecule has 0 bridgehead atoms. The van der Waals surface area contributed by atoms with E-state index in [-0.39, 0.29) is 11.3 Å². The molecule has 31 heavy (non-hydrogen) atoms. The van der Waals surface area contributed by atoms with Crippen molar-refractivity contribution in [3.05, 3.63) is 23.8 Å². The molecule has 0 radical (unpaired) electrons. The molecule has 1 aliphatic carbocycles. The van der Waals surface area contributed by atoms with Crippen LogP contribution in [0.2, 0.25) is 0 Å². The first-order chi connectivity index (χ1) is 14.3. The van der Waals surface area contributed by atoms with Gasteiger partial charge in [0.2, 0.25) is 0 Å². The minimum absolute atomic E-state index is 0.0456. The van der Waals surface area contributed by atoms with Crippen LogP contribution in [0.1, 0.15) is 83.5 Å². The molecule has 0 N–H and O–H groups in total. The predicted octanol–water partition coefficient (Wildman–Crippen LogP) is 3.85. The van der Waals surface area contributed by atoms with Crippen molar-refractivity contribution in [2.75, 3.05) is 0 Å². The lowest BCUT2D eigenvalue weighted by atomic mass is 9.78. The fourth-order valence-corrected chi connectivity index (χ4v) is 4.32. The summed E-state index contributed by atoms with van der Waals surface area (Å²) in [7, 11) is -6.17. The topological polar surface area (TPSA) is 88.1 Å². The first-order valence-corrected chi connectivity index (χ1v) is 11.9. The molecule has 1 aromatic carbocycles. The lowest BCUT2D eigenvalue weighted by Crippen LogP contribution is -2.41. The van der Waals surface area contributed by atoms with Crippen molar-refractivity contribution in [1.82, 2.24) is 0 Å². The van der Waals surface area contributed by atoms with Crippen LogP contribution in [0.25, 0.3) is 0 Å². The van der Waals surface area contributed by atoms with Gasteiger partial charge < -0.3 is 18.2 Å². The van der Waals surface area contributed by atoms with Crippen LogP contribution in [0.15, 0.2) is 18.2 Å². The first kappa shape index (κ1) is 24.0. The molecule has 1 saturated heterocycles. The SMILES string of the molecule is CCC1(OC(=O)c2cc(OS(=O)(=O)F)cc(B3OC(C)(C)C(C)(C)O3)c2)CCCCC1. The second-order valence-electron chi connectivity index (χ2n) is 9.34. The lowest BCUT2D eigenvalue weighted by Gasteiger charge is -2.36. The molecule has 0 atom stereocenters. The van der Waals surface area contributed by atoms with Gasteiger partial charge in [-0.1, -0.05) is 17.2 Å². The van der Waals surface area contributed by atoms with E-state index in [4.69, 9.17) is 14.0 Å². The van der Waals surface area contributed by atoms with E-state index >= 15 is 0 Å². The Morgan fingerprint density at radius 3 is 2.16 bits per heavy atom. The monoisotopic (exact) mass is 456 g/mol. The second kappa shape index (κ2) is 8.37. The number of benzene rings is 1. The maximum absolute atomic E-state index is 13.2. The van der Waals surface area contributed by atoms with Crippen molar-refractivity contribution in [2.24, 2.45) is 0 Å². The van der Waals surface area contributed by atoms with Crippen LogP contribution in [0, 0.1) is 0 Å². The Labute approximate surface area is 184 Å². The van der Waals surface area contributed by atoms with E-state index in [1.54, 1.807) is 0 Å². The highest BCUT2D eigenvalue weighted by molar-refractivity contribution is 7.81. The van der Waals surface area contributed by atoms with Gasteiger partial charge >= 0.3 is 23.6 Å². The van der Waals surface area contributed by atoms with E-state index in [1.807, 2.05) is 34.6 Å². The average molecular weight is 456 g/mol. The zero-order chi connectivity index (χ0) is 23.1. The van der Waals surface area contributed by atoms with E-state index in [2.05, 4.69) is 4.18 Å². The molecular formula is C21H30BFO7S. The fraction of sp³-hybridized carbons (Fsp3) is 0.667. The Balaban J connectivity index is 1.95. The molecule has 2 fully saturated rings. The molecule has 1 aliphatic heterocycles. The van der Waals surface area contributed by atoms with Crippen LogP contribution in [-0.4, -0.2) is 38.3 Å². The summed E-state index contributed by atoms with van der Waals surface area (Å²) in [6.45, 7) is 9.43. The van der Waals surface area contributed by atoms with Gasteiger partial charge in [-0.15, -0.1) is 0 Å². The van der Waals surface area contributed by atoms with Crippen LogP contribution in [-0.2, 0) is 24.5 Å². The first-order valence-electron chi connectivity index (χ1n) is 10.6. The normalized spacial score (nSPS) is 22.2. The molecule has 0 aromatic heterocycles. The van der Waals surface area contributed by atoms with Crippen LogP contribution in [0.5, 0.6) is 5.75 Å². The highest BCUT2D eigenvalue weighted by Gasteiger charge is 2.52. The van der Waals surface area contributed by atoms with Gasteiger partial charge in [0.05, 0.1) is 16.8 Å². The van der Waals surface area contributed by atoms with Crippen LogP contribution < -0.4 is 9.65 Å². The van der Waals surface area contributed by atoms with Gasteiger partial charge in [0.15, 0.2) is 0 Å². The average Bonchev–Trinajstić information content (AvgIpc) is 2.88. The number of ether oxygens (including phenoxy) is 1. The van der Waals surface area contributed by atoms with Gasteiger partial charge in [0, 0.05) is 0 Å². The number of hydrogen-bond acceptors (Lipinski definition) is 7. The third-order valence-corrected chi connectivity index (χ3v) is 7.00. The van der Waals surface area contributed by atoms with Gasteiger partial charge in [0.1, 0.15) is 11.4 Å². The summed E-state index contributed by atoms with van der Waals surface area (Å²) in [4.78, 5) is 13.0. The van der Waals surface area contributed by atoms with Crippen LogP contribution >= 0.6 is 0 Å². The molecule has 1 saturated carbocycles. The summed E-state index contributed by atoms with van der Waals surface area (Å²) < 4.78 is 57.6. The minimum atomic E-state index is -5.28. The predicted molar refractivity (Wildman–Crippen MR) is 114 cm³/mol. The van der Waals surface area contributed by atoms with Gasteiger partial charge in [-0.3, -0.25) is 0 Å². The number of carbonyl (C=O) groups excluding carboxylic acids is 1. The van der Waals surface area contributed by atoms with Crippen molar-refractivity contribution in [3.63, 3.8) is 0 Å². The van der Waals surface area contributed by atoms with E-state index in [1.165, 1.54) is 12.1 Å². The standard InChI is InChI=1S/C21H30BFO7S/c1-6-21(10-8-7-9-11-21)27-18(24)15-12-16(14-17(13-15)28-31(23,25)26)22-29-19(2,3)20(4,5)30-22/h12-14H,6-11H2,1-5H3. The highest BCUT2D eigenvalue weighted by atomic mass is 32.3. The van der Waals surface area contributed by atoms with Crippen LogP contribution in [0.3, 0.4) is 0 Å². The molecule has 0 unspecified atom stereocenters. The summed E-state index contributed by atoms with van der Waals surface area (Å²) in [5, 5.41) is 0. The third kappa shape index (κ3) is 5.41. The van der Waals surface area contributed by atoms with Gasteiger partial charge in [-0.25, -0.2) is 4.79 Å². The third-order valence-electron chi connectivity index (χ3n) is 6.60. The van der Waals surface area contributed by atoms with E-state index in [0.29, 0.717) is 11.9 Å². The molecule has 0 amide bonds. The van der Waals surface area contributed by atoms with Gasteiger partial charge in [0.25, 0.3) is 0 Å². The largest absolute Gasteiger partial charge is 0.494 e. The molecule has 10 heteroatoms. The minimum Gasteiger partial charge on any atom is -0.455 e. The number of esters is 1. The molecule has 0 spiro atoms. The van der Waals surface area contributed by atoms with Crippen molar-refractivity contribution in [1.29, 1.82) is 0 Å². The van der Waals surface area contributed by atoms with Gasteiger partial charge in [-0.05, 0) is 83.5 Å². The summed E-state index contributed by atoms with van der Waals surface area (Å²) in [6.07, 6.45) is 5.27. The van der Waals surface area contributed by atoms with E-state index in [9.17, 15) is 17.1 Å². The quantitative estimate of drug-likeness (QED) is 0.365. The molecule has 1 heterocycles. The summed E-state index contributed by atoms with van der Waals surface area (Å²) >= 11 is 0. The van der Waals surface area contributed by atoms with Crippen molar-refractivity contribution in [2.45, 2.75) is 89.9 Å². The van der Waals surface area contributed by atoms with E-state index < -0.39 is 40.4 Å². The Bertz CT molecular complexity index is 923. The Hall–Kier alpha value is -1.65. The molecular weight excluding hydrogens is 426 g/mol. The Morgan fingerprint density at radius 1 is 1.06 bits per heavy atom. The van der Waals surface area contributed by atoms with E-state index in [0.717, 1.165) is 38.2 Å². The Kier molecular flexibility index (Phi) is 6.48. The maximum atomic E-state index is 13.2. The maximum Gasteiger partial charge on any atom is 0.494 e. The number of rotatable bonds is 6. The molecule has 3 rings (SSSR count). The molecule has 172 valence electrons. The fourth-order valence-electron chi connectivity index (χ4n) is 4.00. The van der Waals surface area contributed by atoms with Crippen molar-refractivity contribution < 1.29 is 35.3 Å². The van der Waals surface area contributed by atoms with Gasteiger partial charge in [-0.2, -0.15) is 8.42 Å². The number of hydrogen-bond donors (Lipinski definition) is 0. The molecule has 1 aromatic rings. The highest BCUT2D eigenvalue weighted by Crippen LogP contribution is 2.37. The lowest BCUT2D eigenvalue weighted by molar-refractivity contribution is -0.0397. The zero-order valence-corrected chi connectivity index (χ0v) is 19.5. The summed E-state index contributed by atoms with van der Waals surface area (Å²) in [5.74, 6) is -0.973. The van der Waals surface area contributed by atoms with Crippen LogP contribution in [0.4, 0.5) is 3.89 Å². The summed E-state index contributed by atoms with van der Waals surface area (Å²) in [5.41, 5.74) is -1.49. The van der Waals surface area contributed by atoms with Crippen molar-refractivity contribution >= 4 is 29.1 Å². The Morgan fingerprint density at radius 2 is 1.65 bits per heavy atom. The number of halogens is 1. The number of carbonyl (C=O) groups is 1. The smallest absolute Gasteiger partial charge is 0.455 e. The molecule has 2 aliphatic rings. The summed E-state index contributed by atoms with van der Waals surface area (Å²) in [6, 6.07) is 3.95. The van der Waals surface area contributed by atoms with Crippen molar-refractivity contribution in [3.8, 4) is 5.75 Å². The zero-order valence-electron chi connectivity index (χ0n) is 18.7. The second-order valence-corrected chi connectivity index (χ2v) is 10.3.